The number of amides is 1. The molecule has 0 fully saturated rings. The number of carbonyl (C=O) groups excluding carboxylic acids is 3. The number of methoxy groups -OCH3 is 1. The average Bonchev–Trinajstić information content (AvgIpc) is 3.38. The van der Waals surface area contributed by atoms with Gasteiger partial charge in [0.05, 0.1) is 25.4 Å². The van der Waals surface area contributed by atoms with Crippen LogP contribution in [0.15, 0.2) is 60.0 Å². The number of benzene rings is 2. The summed E-state index contributed by atoms with van der Waals surface area (Å²) in [6.07, 6.45) is 0.320. The van der Waals surface area contributed by atoms with Gasteiger partial charge in [-0.1, -0.05) is 42.5 Å². The Morgan fingerprint density at radius 3 is 2.29 bits per heavy atom. The van der Waals surface area contributed by atoms with Crippen molar-refractivity contribution >= 4 is 45.2 Å². The Kier molecular flexibility index (Phi) is 9.93. The topological polar surface area (TPSA) is 161 Å². The summed E-state index contributed by atoms with van der Waals surface area (Å²) in [5.41, 5.74) is 1.69. The Labute approximate surface area is 224 Å². The summed E-state index contributed by atoms with van der Waals surface area (Å²) in [5, 5.41) is 4.79. The number of esters is 2. The minimum atomic E-state index is -4.43. The molecule has 13 heteroatoms. The first-order valence-corrected chi connectivity index (χ1v) is 13.8. The van der Waals surface area contributed by atoms with Crippen molar-refractivity contribution < 1.29 is 36.8 Å². The molecule has 1 aromatic heterocycles. The van der Waals surface area contributed by atoms with Gasteiger partial charge >= 0.3 is 22.2 Å². The van der Waals surface area contributed by atoms with Crippen molar-refractivity contribution in [1.82, 2.24) is 10.3 Å². The van der Waals surface area contributed by atoms with Gasteiger partial charge in [-0.3, -0.25) is 18.9 Å². The molecule has 2 atom stereocenters. The number of rotatable bonds is 12. The lowest BCUT2D eigenvalue weighted by atomic mass is 9.97. The smallest absolute Gasteiger partial charge is 0.357 e. The van der Waals surface area contributed by atoms with E-state index in [9.17, 15) is 22.8 Å². The van der Waals surface area contributed by atoms with Gasteiger partial charge in [0, 0.05) is 5.38 Å². The number of hydrogen-bond acceptors (Lipinski definition) is 9. The number of thiazole rings is 1. The van der Waals surface area contributed by atoms with E-state index >= 15 is 0 Å². The molecule has 38 heavy (non-hydrogen) atoms. The molecule has 3 rings (SSSR count). The normalized spacial score (nSPS) is 12.7. The van der Waals surface area contributed by atoms with Crippen LogP contribution < -0.4 is 10.0 Å². The van der Waals surface area contributed by atoms with Crippen LogP contribution >= 0.6 is 11.3 Å². The summed E-state index contributed by atoms with van der Waals surface area (Å²) in [5.74, 6) is -3.01. The van der Waals surface area contributed by atoms with Crippen molar-refractivity contribution in [2.75, 3.05) is 18.4 Å². The van der Waals surface area contributed by atoms with Crippen LogP contribution in [0.4, 0.5) is 5.69 Å². The second kappa shape index (κ2) is 13.1. The summed E-state index contributed by atoms with van der Waals surface area (Å²) in [6, 6.07) is 14.4. The predicted octanol–water partition coefficient (Wildman–Crippen LogP) is 2.97. The van der Waals surface area contributed by atoms with Crippen molar-refractivity contribution in [2.24, 2.45) is 5.92 Å². The van der Waals surface area contributed by atoms with Gasteiger partial charge in [0.15, 0.2) is 5.69 Å². The molecule has 0 aliphatic rings. The zero-order valence-electron chi connectivity index (χ0n) is 20.6. The van der Waals surface area contributed by atoms with Crippen LogP contribution in [0.25, 0.3) is 0 Å². The van der Waals surface area contributed by atoms with E-state index in [1.807, 2.05) is 10.8 Å². The summed E-state index contributed by atoms with van der Waals surface area (Å²) < 4.78 is 42.9. The fraction of sp³-hybridized carbons (Fsp3) is 0.280. The van der Waals surface area contributed by atoms with Crippen LogP contribution in [0.5, 0.6) is 0 Å². The van der Waals surface area contributed by atoms with Gasteiger partial charge in [0.25, 0.3) is 0 Å². The first kappa shape index (κ1) is 28.8. The van der Waals surface area contributed by atoms with Crippen molar-refractivity contribution in [2.45, 2.75) is 25.8 Å². The third kappa shape index (κ3) is 8.36. The summed E-state index contributed by atoms with van der Waals surface area (Å²) in [4.78, 5) is 42.4. The molecule has 1 heterocycles. The van der Waals surface area contributed by atoms with Gasteiger partial charge in [-0.25, -0.2) is 9.78 Å². The zero-order valence-corrected chi connectivity index (χ0v) is 22.3. The highest BCUT2D eigenvalue weighted by atomic mass is 32.2. The van der Waals surface area contributed by atoms with Gasteiger partial charge < -0.3 is 14.8 Å². The highest BCUT2D eigenvalue weighted by molar-refractivity contribution is 7.87. The van der Waals surface area contributed by atoms with E-state index in [2.05, 4.69) is 10.3 Å². The number of anilines is 1. The third-order valence-electron chi connectivity index (χ3n) is 5.35. The SMILES string of the molecule is CCOC(=O)c1csc(C(Cc2ccc(NS(=O)(=O)O)cc2)NC(=O)C(Cc2ccccc2)C(=O)OC)n1. The van der Waals surface area contributed by atoms with E-state index in [1.165, 1.54) is 24.6 Å². The Balaban J connectivity index is 1.87. The van der Waals surface area contributed by atoms with Crippen molar-refractivity contribution in [1.29, 1.82) is 0 Å². The number of aromatic nitrogens is 1. The van der Waals surface area contributed by atoms with E-state index < -0.39 is 40.1 Å². The van der Waals surface area contributed by atoms with E-state index in [4.69, 9.17) is 14.0 Å². The highest BCUT2D eigenvalue weighted by Crippen LogP contribution is 2.25. The molecule has 0 bridgehead atoms. The number of hydrogen-bond donors (Lipinski definition) is 3. The summed E-state index contributed by atoms with van der Waals surface area (Å²) in [6.45, 7) is 1.85. The first-order chi connectivity index (χ1) is 18.1. The van der Waals surface area contributed by atoms with Gasteiger partial charge in [0.2, 0.25) is 5.91 Å². The lowest BCUT2D eigenvalue weighted by Crippen LogP contribution is -2.40. The molecule has 3 aromatic rings. The average molecular weight is 562 g/mol. The number of carbonyl (C=O) groups is 3. The monoisotopic (exact) mass is 561 g/mol. The van der Waals surface area contributed by atoms with E-state index in [-0.39, 0.29) is 30.8 Å². The molecule has 0 spiro atoms. The highest BCUT2D eigenvalue weighted by Gasteiger charge is 2.31. The lowest BCUT2D eigenvalue weighted by molar-refractivity contribution is -0.150. The van der Waals surface area contributed by atoms with Crippen LogP contribution in [0, 0.1) is 5.92 Å². The molecule has 202 valence electrons. The number of nitrogens with one attached hydrogen (secondary N) is 2. The van der Waals surface area contributed by atoms with Crippen molar-refractivity contribution in [3.63, 3.8) is 0 Å². The molecule has 3 N–H and O–H groups in total. The maximum atomic E-state index is 13.3. The molecule has 0 saturated heterocycles. The fourth-order valence-electron chi connectivity index (χ4n) is 3.59. The van der Waals surface area contributed by atoms with E-state index in [0.29, 0.717) is 10.6 Å². The first-order valence-electron chi connectivity index (χ1n) is 11.5. The van der Waals surface area contributed by atoms with Crippen LogP contribution in [0.2, 0.25) is 0 Å². The maximum absolute atomic E-state index is 13.3. The quantitative estimate of drug-likeness (QED) is 0.171. The van der Waals surface area contributed by atoms with Gasteiger partial charge in [-0.15, -0.1) is 11.3 Å². The van der Waals surface area contributed by atoms with Crippen LogP contribution in [-0.4, -0.2) is 49.5 Å². The minimum Gasteiger partial charge on any atom is -0.468 e. The Morgan fingerprint density at radius 2 is 1.68 bits per heavy atom. The molecule has 0 saturated carbocycles. The maximum Gasteiger partial charge on any atom is 0.357 e. The van der Waals surface area contributed by atoms with Crippen LogP contribution in [-0.2, 0) is 42.2 Å². The van der Waals surface area contributed by atoms with E-state index in [1.54, 1.807) is 43.3 Å². The summed E-state index contributed by atoms with van der Waals surface area (Å²) >= 11 is 1.15. The molecule has 0 aliphatic carbocycles. The molecular formula is C25H27N3O8S2. The van der Waals surface area contributed by atoms with Crippen molar-refractivity contribution in [3.05, 3.63) is 81.8 Å². The fourth-order valence-corrected chi connectivity index (χ4v) is 4.86. The lowest BCUT2D eigenvalue weighted by Gasteiger charge is -2.21. The summed E-state index contributed by atoms with van der Waals surface area (Å²) in [7, 11) is -3.22. The zero-order chi connectivity index (χ0) is 27.7. The molecule has 0 radical (unpaired) electrons. The molecule has 0 aliphatic heterocycles. The van der Waals surface area contributed by atoms with Crippen molar-refractivity contribution in [3.8, 4) is 0 Å². The Hall–Kier alpha value is -3.81. The Morgan fingerprint density at radius 1 is 1.03 bits per heavy atom. The molecule has 11 nitrogen and oxygen atoms in total. The number of nitrogens with zero attached hydrogens (tertiary/aromatic N) is 1. The van der Waals surface area contributed by atoms with Crippen LogP contribution in [0.1, 0.15) is 39.6 Å². The molecule has 2 aromatic carbocycles. The second-order valence-corrected chi connectivity index (χ2v) is 10.1. The largest absolute Gasteiger partial charge is 0.468 e. The second-order valence-electron chi connectivity index (χ2n) is 8.10. The van der Waals surface area contributed by atoms with Gasteiger partial charge in [-0.2, -0.15) is 8.42 Å². The Bertz CT molecular complexity index is 1360. The van der Waals surface area contributed by atoms with Crippen LogP contribution in [0.3, 0.4) is 0 Å². The molecular weight excluding hydrogens is 534 g/mol. The third-order valence-corrected chi connectivity index (χ3v) is 6.80. The predicted molar refractivity (Wildman–Crippen MR) is 140 cm³/mol. The minimum absolute atomic E-state index is 0.0904. The standard InChI is InChI=1S/C25H27N3O8S2/c1-3-36-25(31)21-15-37-23(27-21)20(14-17-9-11-18(12-10-17)28-38(32,33)34)26-22(29)19(24(30)35-2)13-16-7-5-4-6-8-16/h4-12,15,19-20,28H,3,13-14H2,1-2H3,(H,26,29)(H,32,33,34). The van der Waals surface area contributed by atoms with Gasteiger partial charge in [-0.05, 0) is 43.0 Å². The van der Waals surface area contributed by atoms with E-state index in [0.717, 1.165) is 16.9 Å². The molecule has 2 unspecified atom stereocenters. The van der Waals surface area contributed by atoms with Gasteiger partial charge in [0.1, 0.15) is 10.9 Å². The molecule has 1 amide bonds. The number of ether oxygens (including phenoxy) is 2.